The number of nitrogens with one attached hydrogen (secondary N) is 1. The highest BCUT2D eigenvalue weighted by Crippen LogP contribution is 2.10. The topological polar surface area (TPSA) is 66.4 Å². The predicted molar refractivity (Wildman–Crippen MR) is 54.7 cm³/mol. The molecule has 79 valence electrons. The lowest BCUT2D eigenvalue weighted by atomic mass is 10.2. The molecular formula is C10H10NO3S. The molecule has 0 fully saturated rings. The summed E-state index contributed by atoms with van der Waals surface area (Å²) in [5.41, 5.74) is 0.492. The van der Waals surface area contributed by atoms with Gasteiger partial charge in [0.25, 0.3) is 0 Å². The van der Waals surface area contributed by atoms with Gasteiger partial charge in [-0.05, 0) is 37.6 Å². The molecule has 1 aromatic rings. The second-order valence-corrected chi connectivity index (χ2v) is 4.66. The van der Waals surface area contributed by atoms with Crippen LogP contribution in [-0.4, -0.2) is 19.8 Å². The molecule has 0 bridgehead atoms. The molecule has 2 N–H and O–H groups in total. The maximum absolute atomic E-state index is 11.5. The SMILES string of the molecule is [C]#Cc1ccc(S(=O)(=O)NC(C)O)cc1. The summed E-state index contributed by atoms with van der Waals surface area (Å²) in [6.45, 7) is 1.32. The molecule has 0 aliphatic rings. The molecule has 0 saturated heterocycles. The number of hydrogen-bond acceptors (Lipinski definition) is 3. The van der Waals surface area contributed by atoms with E-state index in [-0.39, 0.29) is 4.90 Å². The van der Waals surface area contributed by atoms with Crippen molar-refractivity contribution in [2.24, 2.45) is 0 Å². The number of benzene rings is 1. The summed E-state index contributed by atoms with van der Waals surface area (Å²) < 4.78 is 25.0. The quantitative estimate of drug-likeness (QED) is 0.571. The van der Waals surface area contributed by atoms with E-state index in [0.717, 1.165) is 0 Å². The summed E-state index contributed by atoms with van der Waals surface area (Å²) in [5.74, 6) is 2.13. The first-order valence-corrected chi connectivity index (χ1v) is 5.67. The van der Waals surface area contributed by atoms with E-state index in [2.05, 4.69) is 5.92 Å². The highest BCUT2D eigenvalue weighted by Gasteiger charge is 2.15. The van der Waals surface area contributed by atoms with E-state index in [1.54, 1.807) is 0 Å². The lowest BCUT2D eigenvalue weighted by Gasteiger charge is -2.08. The minimum atomic E-state index is -3.67. The molecule has 0 heterocycles. The second kappa shape index (κ2) is 4.45. The van der Waals surface area contributed by atoms with Crippen LogP contribution >= 0.6 is 0 Å². The van der Waals surface area contributed by atoms with Gasteiger partial charge in [0.15, 0.2) is 0 Å². The lowest BCUT2D eigenvalue weighted by molar-refractivity contribution is 0.184. The van der Waals surface area contributed by atoms with Gasteiger partial charge in [0.2, 0.25) is 10.0 Å². The molecule has 0 aliphatic carbocycles. The Bertz CT molecular complexity index is 468. The van der Waals surface area contributed by atoms with E-state index >= 15 is 0 Å². The lowest BCUT2D eigenvalue weighted by Crippen LogP contribution is -2.32. The number of hydrogen-bond donors (Lipinski definition) is 2. The molecule has 0 saturated carbocycles. The molecule has 4 nitrogen and oxygen atoms in total. The molecule has 5 heteroatoms. The van der Waals surface area contributed by atoms with E-state index in [9.17, 15) is 8.42 Å². The summed E-state index contributed by atoms with van der Waals surface area (Å²) in [5, 5.41) is 8.92. The Hall–Kier alpha value is -1.35. The summed E-state index contributed by atoms with van der Waals surface area (Å²) in [6.07, 6.45) is 5.69. The Morgan fingerprint density at radius 1 is 1.40 bits per heavy atom. The van der Waals surface area contributed by atoms with E-state index in [1.807, 2.05) is 4.72 Å². The van der Waals surface area contributed by atoms with Crippen molar-refractivity contribution < 1.29 is 13.5 Å². The maximum Gasteiger partial charge on any atom is 0.242 e. The molecule has 1 rings (SSSR count). The van der Waals surface area contributed by atoms with Crippen molar-refractivity contribution in [3.8, 4) is 5.92 Å². The molecule has 1 atom stereocenters. The van der Waals surface area contributed by atoms with E-state index in [1.165, 1.54) is 31.2 Å². The third-order valence-electron chi connectivity index (χ3n) is 1.63. The van der Waals surface area contributed by atoms with Crippen molar-refractivity contribution >= 4 is 10.0 Å². The van der Waals surface area contributed by atoms with Gasteiger partial charge in [-0.2, -0.15) is 4.72 Å². The molecule has 15 heavy (non-hydrogen) atoms. The number of rotatable bonds is 3. The van der Waals surface area contributed by atoms with Crippen LogP contribution in [0.1, 0.15) is 12.5 Å². The Morgan fingerprint density at radius 3 is 2.33 bits per heavy atom. The van der Waals surface area contributed by atoms with Crippen LogP contribution in [0, 0.1) is 12.3 Å². The fourth-order valence-electron chi connectivity index (χ4n) is 1.01. The van der Waals surface area contributed by atoms with Crippen LogP contribution in [0.2, 0.25) is 0 Å². The Morgan fingerprint density at radius 2 is 1.93 bits per heavy atom. The number of aliphatic hydroxyl groups excluding tert-OH is 1. The first-order chi connectivity index (χ1) is 6.95. The van der Waals surface area contributed by atoms with Gasteiger partial charge in [-0.25, -0.2) is 8.42 Å². The van der Waals surface area contributed by atoms with Gasteiger partial charge in [0.1, 0.15) is 6.23 Å². The van der Waals surface area contributed by atoms with Crippen LogP contribution in [0.15, 0.2) is 29.2 Å². The third-order valence-corrected chi connectivity index (χ3v) is 3.18. The van der Waals surface area contributed by atoms with Gasteiger partial charge >= 0.3 is 0 Å². The zero-order valence-electron chi connectivity index (χ0n) is 8.06. The average Bonchev–Trinajstić information content (AvgIpc) is 2.16. The van der Waals surface area contributed by atoms with Gasteiger partial charge in [-0.15, -0.1) is 0 Å². The van der Waals surface area contributed by atoms with Crippen LogP contribution in [-0.2, 0) is 10.0 Å². The van der Waals surface area contributed by atoms with E-state index in [4.69, 9.17) is 11.5 Å². The standard InChI is InChI=1S/C10H10NO3S/c1-3-9-4-6-10(7-5-9)15(13,14)11-8(2)12/h4-8,11-12H,2H3. The zero-order chi connectivity index (χ0) is 11.5. The van der Waals surface area contributed by atoms with Crippen LogP contribution in [0.3, 0.4) is 0 Å². The number of sulfonamides is 1. The predicted octanol–water partition coefficient (Wildman–Crippen LogP) is 0.241. The second-order valence-electron chi connectivity index (χ2n) is 2.95. The summed E-state index contributed by atoms with van der Waals surface area (Å²) in [6, 6.07) is 5.62. The van der Waals surface area contributed by atoms with Crippen molar-refractivity contribution in [3.05, 3.63) is 36.3 Å². The largest absolute Gasteiger partial charge is 0.378 e. The molecule has 0 aliphatic heterocycles. The molecule has 1 radical (unpaired) electrons. The first-order valence-electron chi connectivity index (χ1n) is 4.19. The fourth-order valence-corrected chi connectivity index (χ4v) is 2.09. The third kappa shape index (κ3) is 3.06. The zero-order valence-corrected chi connectivity index (χ0v) is 8.88. The molecule has 0 aromatic heterocycles. The molecule has 0 spiro atoms. The molecule has 1 unspecified atom stereocenters. The van der Waals surface area contributed by atoms with Gasteiger partial charge in [0.05, 0.1) is 4.90 Å². The molecular weight excluding hydrogens is 214 g/mol. The Balaban J connectivity index is 3.02. The number of aliphatic hydroxyl groups is 1. The normalized spacial score (nSPS) is 13.1. The molecule has 1 aromatic carbocycles. The summed E-state index contributed by atoms with van der Waals surface area (Å²) in [7, 11) is -3.67. The average molecular weight is 224 g/mol. The van der Waals surface area contributed by atoms with Crippen LogP contribution in [0.25, 0.3) is 0 Å². The minimum absolute atomic E-state index is 0.0439. The van der Waals surface area contributed by atoms with Gasteiger partial charge in [0, 0.05) is 5.56 Å². The van der Waals surface area contributed by atoms with Crippen LogP contribution in [0.5, 0.6) is 0 Å². The first kappa shape index (κ1) is 11.7. The maximum atomic E-state index is 11.5. The smallest absolute Gasteiger partial charge is 0.242 e. The monoisotopic (exact) mass is 224 g/mol. The van der Waals surface area contributed by atoms with Crippen molar-refractivity contribution in [1.82, 2.24) is 4.72 Å². The fraction of sp³-hybridized carbons (Fsp3) is 0.200. The van der Waals surface area contributed by atoms with Crippen molar-refractivity contribution in [2.75, 3.05) is 0 Å². The van der Waals surface area contributed by atoms with E-state index in [0.29, 0.717) is 5.56 Å². The van der Waals surface area contributed by atoms with Crippen molar-refractivity contribution in [1.29, 1.82) is 0 Å². The van der Waals surface area contributed by atoms with E-state index < -0.39 is 16.3 Å². The summed E-state index contributed by atoms with van der Waals surface area (Å²) >= 11 is 0. The van der Waals surface area contributed by atoms with Crippen LogP contribution < -0.4 is 4.72 Å². The van der Waals surface area contributed by atoms with Gasteiger partial charge in [-0.3, -0.25) is 0 Å². The van der Waals surface area contributed by atoms with Gasteiger partial charge < -0.3 is 5.11 Å². The van der Waals surface area contributed by atoms with Crippen molar-refractivity contribution in [2.45, 2.75) is 18.0 Å². The van der Waals surface area contributed by atoms with Crippen molar-refractivity contribution in [3.63, 3.8) is 0 Å². The Labute approximate surface area is 89.0 Å². The van der Waals surface area contributed by atoms with Crippen LogP contribution in [0.4, 0.5) is 0 Å². The summed E-state index contributed by atoms with van der Waals surface area (Å²) in [4.78, 5) is 0.0439. The minimum Gasteiger partial charge on any atom is -0.378 e. The highest BCUT2D eigenvalue weighted by molar-refractivity contribution is 7.89. The molecule has 0 amide bonds. The Kier molecular flexibility index (Phi) is 3.48. The van der Waals surface area contributed by atoms with Gasteiger partial charge in [-0.1, -0.05) is 5.92 Å². The highest BCUT2D eigenvalue weighted by atomic mass is 32.2.